The zero-order valence-electron chi connectivity index (χ0n) is 11.5. The van der Waals surface area contributed by atoms with Crippen LogP contribution in [-0.2, 0) is 6.42 Å². The molecule has 112 valence electrons. The SMILES string of the molecule is O=C(O)N1CCN(CCc2nc3c(F)cccc3[nH]2)CC1. The zero-order chi connectivity index (χ0) is 14.8. The maximum atomic E-state index is 13.6. The number of nitrogens with zero attached hydrogens (tertiary/aromatic N) is 3. The van der Waals surface area contributed by atoms with E-state index in [0.29, 0.717) is 30.5 Å². The summed E-state index contributed by atoms with van der Waals surface area (Å²) in [6.07, 6.45) is -0.163. The molecule has 21 heavy (non-hydrogen) atoms. The van der Waals surface area contributed by atoms with Crippen LogP contribution in [0.2, 0.25) is 0 Å². The molecule has 0 unspecified atom stereocenters. The molecule has 0 atom stereocenters. The number of halogens is 1. The third kappa shape index (κ3) is 2.97. The summed E-state index contributed by atoms with van der Waals surface area (Å²) in [4.78, 5) is 21.8. The van der Waals surface area contributed by atoms with Crippen LogP contribution in [-0.4, -0.2) is 63.7 Å². The van der Waals surface area contributed by atoms with Gasteiger partial charge in [0.25, 0.3) is 0 Å². The first-order chi connectivity index (χ1) is 10.1. The van der Waals surface area contributed by atoms with Crippen molar-refractivity contribution in [2.24, 2.45) is 0 Å². The minimum Gasteiger partial charge on any atom is -0.465 e. The molecule has 7 heteroatoms. The summed E-state index contributed by atoms with van der Waals surface area (Å²) in [5, 5.41) is 8.90. The zero-order valence-corrected chi connectivity index (χ0v) is 11.5. The highest BCUT2D eigenvalue weighted by Gasteiger charge is 2.20. The predicted octanol–water partition coefficient (Wildman–Crippen LogP) is 1.54. The van der Waals surface area contributed by atoms with E-state index in [4.69, 9.17) is 5.11 Å². The normalized spacial score (nSPS) is 16.5. The number of amides is 1. The fourth-order valence-electron chi connectivity index (χ4n) is 2.59. The first kappa shape index (κ1) is 13.8. The lowest BCUT2D eigenvalue weighted by molar-refractivity contribution is 0.106. The number of aromatic amines is 1. The fraction of sp³-hybridized carbons (Fsp3) is 0.429. The molecule has 0 saturated carbocycles. The van der Waals surface area contributed by atoms with Crippen LogP contribution in [0.15, 0.2) is 18.2 Å². The molecular weight excluding hydrogens is 275 g/mol. The molecule has 0 spiro atoms. The highest BCUT2D eigenvalue weighted by molar-refractivity contribution is 5.75. The van der Waals surface area contributed by atoms with Crippen LogP contribution < -0.4 is 0 Å². The van der Waals surface area contributed by atoms with Gasteiger partial charge in [0.05, 0.1) is 5.52 Å². The minimum atomic E-state index is -0.859. The Hall–Kier alpha value is -2.15. The largest absolute Gasteiger partial charge is 0.465 e. The van der Waals surface area contributed by atoms with Gasteiger partial charge in [0, 0.05) is 39.1 Å². The van der Waals surface area contributed by atoms with E-state index >= 15 is 0 Å². The van der Waals surface area contributed by atoms with E-state index in [1.807, 2.05) is 0 Å². The molecule has 1 aromatic carbocycles. The molecule has 3 rings (SSSR count). The van der Waals surface area contributed by atoms with Crippen LogP contribution in [0.4, 0.5) is 9.18 Å². The van der Waals surface area contributed by atoms with Crippen molar-refractivity contribution in [3.05, 3.63) is 29.8 Å². The van der Waals surface area contributed by atoms with E-state index in [1.54, 1.807) is 12.1 Å². The van der Waals surface area contributed by atoms with E-state index in [0.717, 1.165) is 25.5 Å². The Morgan fingerprint density at radius 1 is 1.33 bits per heavy atom. The van der Waals surface area contributed by atoms with Crippen LogP contribution in [0.3, 0.4) is 0 Å². The molecule has 1 fully saturated rings. The maximum absolute atomic E-state index is 13.6. The molecule has 1 saturated heterocycles. The van der Waals surface area contributed by atoms with Crippen molar-refractivity contribution >= 4 is 17.1 Å². The summed E-state index contributed by atoms with van der Waals surface area (Å²) in [6, 6.07) is 4.86. The molecule has 1 aliphatic heterocycles. The van der Waals surface area contributed by atoms with Gasteiger partial charge >= 0.3 is 6.09 Å². The van der Waals surface area contributed by atoms with Gasteiger partial charge in [-0.25, -0.2) is 14.2 Å². The number of para-hydroxylation sites is 1. The maximum Gasteiger partial charge on any atom is 0.407 e. The van der Waals surface area contributed by atoms with Gasteiger partial charge in [-0.05, 0) is 12.1 Å². The molecule has 6 nitrogen and oxygen atoms in total. The van der Waals surface area contributed by atoms with E-state index in [1.165, 1.54) is 11.0 Å². The van der Waals surface area contributed by atoms with Crippen LogP contribution in [0.25, 0.3) is 11.0 Å². The number of hydrogen-bond acceptors (Lipinski definition) is 3. The van der Waals surface area contributed by atoms with Gasteiger partial charge < -0.3 is 15.0 Å². The summed E-state index contributed by atoms with van der Waals surface area (Å²) in [7, 11) is 0. The molecule has 0 radical (unpaired) electrons. The van der Waals surface area contributed by atoms with Gasteiger partial charge in [0.15, 0.2) is 5.82 Å². The number of carboxylic acid groups (broad SMARTS) is 1. The average molecular weight is 292 g/mol. The Morgan fingerprint density at radius 3 is 2.76 bits per heavy atom. The molecule has 2 heterocycles. The van der Waals surface area contributed by atoms with Gasteiger partial charge in [0.2, 0.25) is 0 Å². The van der Waals surface area contributed by atoms with Gasteiger partial charge in [0.1, 0.15) is 11.3 Å². The smallest absolute Gasteiger partial charge is 0.407 e. The lowest BCUT2D eigenvalue weighted by atomic mass is 10.3. The van der Waals surface area contributed by atoms with E-state index in [-0.39, 0.29) is 5.82 Å². The number of rotatable bonds is 3. The number of carbonyl (C=O) groups is 1. The van der Waals surface area contributed by atoms with Gasteiger partial charge in [-0.1, -0.05) is 6.07 Å². The molecule has 1 aliphatic rings. The van der Waals surface area contributed by atoms with Crippen molar-refractivity contribution in [2.45, 2.75) is 6.42 Å². The van der Waals surface area contributed by atoms with Crippen molar-refractivity contribution in [2.75, 3.05) is 32.7 Å². The van der Waals surface area contributed by atoms with Crippen molar-refractivity contribution in [1.82, 2.24) is 19.8 Å². The second-order valence-electron chi connectivity index (χ2n) is 5.18. The minimum absolute atomic E-state index is 0.315. The quantitative estimate of drug-likeness (QED) is 0.900. The Kier molecular flexibility index (Phi) is 3.74. The molecule has 1 aromatic heterocycles. The van der Waals surface area contributed by atoms with E-state index < -0.39 is 6.09 Å². The number of benzene rings is 1. The molecule has 2 aromatic rings. The number of fused-ring (bicyclic) bond motifs is 1. The third-order valence-electron chi connectivity index (χ3n) is 3.82. The Morgan fingerprint density at radius 2 is 2.10 bits per heavy atom. The lowest BCUT2D eigenvalue weighted by Crippen LogP contribution is -2.48. The van der Waals surface area contributed by atoms with Crippen LogP contribution >= 0.6 is 0 Å². The topological polar surface area (TPSA) is 72.5 Å². The first-order valence-electron chi connectivity index (χ1n) is 6.97. The fourth-order valence-corrected chi connectivity index (χ4v) is 2.59. The monoisotopic (exact) mass is 292 g/mol. The van der Waals surface area contributed by atoms with Crippen molar-refractivity contribution in [1.29, 1.82) is 0 Å². The summed E-state index contributed by atoms with van der Waals surface area (Å²) in [6.45, 7) is 3.30. The standard InChI is InChI=1S/C14H17FN4O2/c15-10-2-1-3-11-13(10)17-12(16-11)4-5-18-6-8-19(9-7-18)14(20)21/h1-3H,4-9H2,(H,16,17)(H,20,21). The van der Waals surface area contributed by atoms with Crippen LogP contribution in [0.1, 0.15) is 5.82 Å². The summed E-state index contributed by atoms with van der Waals surface area (Å²) < 4.78 is 13.6. The third-order valence-corrected chi connectivity index (χ3v) is 3.82. The van der Waals surface area contributed by atoms with Crippen molar-refractivity contribution < 1.29 is 14.3 Å². The summed E-state index contributed by atoms with van der Waals surface area (Å²) in [5.74, 6) is 0.445. The number of hydrogen-bond donors (Lipinski definition) is 2. The van der Waals surface area contributed by atoms with E-state index in [9.17, 15) is 9.18 Å². The second kappa shape index (κ2) is 5.69. The number of H-pyrrole nitrogens is 1. The van der Waals surface area contributed by atoms with Crippen LogP contribution in [0, 0.1) is 5.82 Å². The summed E-state index contributed by atoms with van der Waals surface area (Å²) in [5.41, 5.74) is 1.09. The lowest BCUT2D eigenvalue weighted by Gasteiger charge is -2.32. The molecule has 0 bridgehead atoms. The number of nitrogens with one attached hydrogen (secondary N) is 1. The Bertz CT molecular complexity index is 649. The highest BCUT2D eigenvalue weighted by Crippen LogP contribution is 2.15. The van der Waals surface area contributed by atoms with E-state index in [2.05, 4.69) is 14.9 Å². The number of piperazine rings is 1. The van der Waals surface area contributed by atoms with Crippen LogP contribution in [0.5, 0.6) is 0 Å². The van der Waals surface area contributed by atoms with Gasteiger partial charge in [-0.2, -0.15) is 0 Å². The Balaban J connectivity index is 1.57. The molecule has 1 amide bonds. The molecule has 2 N–H and O–H groups in total. The molecule has 0 aliphatic carbocycles. The summed E-state index contributed by atoms with van der Waals surface area (Å²) >= 11 is 0. The van der Waals surface area contributed by atoms with Crippen molar-refractivity contribution in [3.63, 3.8) is 0 Å². The number of aromatic nitrogens is 2. The average Bonchev–Trinajstić information content (AvgIpc) is 2.90. The van der Waals surface area contributed by atoms with Gasteiger partial charge in [-0.3, -0.25) is 4.90 Å². The molecular formula is C14H17FN4O2. The number of imidazole rings is 1. The predicted molar refractivity (Wildman–Crippen MR) is 75.8 cm³/mol. The van der Waals surface area contributed by atoms with Crippen molar-refractivity contribution in [3.8, 4) is 0 Å². The first-order valence-corrected chi connectivity index (χ1v) is 6.97. The highest BCUT2D eigenvalue weighted by atomic mass is 19.1. The second-order valence-corrected chi connectivity index (χ2v) is 5.18. The van der Waals surface area contributed by atoms with Gasteiger partial charge in [-0.15, -0.1) is 0 Å². The Labute approximate surface area is 121 Å².